The number of hydrogen-bond acceptors (Lipinski definition) is 6. The second-order valence-corrected chi connectivity index (χ2v) is 9.61. The highest BCUT2D eigenvalue weighted by Crippen LogP contribution is 2.29. The van der Waals surface area contributed by atoms with E-state index >= 15 is 4.39 Å². The standard InChI is InChI=1S/C28H30FN3O4/c1-28(2,3)22-11-20-14-31-32(27(33)26(20)24(29)13-22)15-18-6-7-23(21(10-18)16-36-17-34-4)19-8-9-30-25(12-19)35-5/h6-14H,15-17H2,1-5H3. The van der Waals surface area contributed by atoms with Crippen LogP contribution in [0.3, 0.4) is 0 Å². The summed E-state index contributed by atoms with van der Waals surface area (Å²) in [5, 5.41) is 4.88. The van der Waals surface area contributed by atoms with Gasteiger partial charge in [-0.2, -0.15) is 5.10 Å². The van der Waals surface area contributed by atoms with Crippen molar-refractivity contribution in [3.05, 3.63) is 87.7 Å². The predicted molar refractivity (Wildman–Crippen MR) is 137 cm³/mol. The van der Waals surface area contributed by atoms with E-state index in [1.165, 1.54) is 10.7 Å². The number of nitrogens with zero attached hydrogens (tertiary/aromatic N) is 3. The third-order valence-corrected chi connectivity index (χ3v) is 5.99. The second-order valence-electron chi connectivity index (χ2n) is 9.61. The average Bonchev–Trinajstić information content (AvgIpc) is 2.85. The molecule has 2 heterocycles. The molecule has 0 aliphatic heterocycles. The summed E-state index contributed by atoms with van der Waals surface area (Å²) in [6, 6.07) is 12.8. The molecule has 0 fully saturated rings. The first-order valence-electron chi connectivity index (χ1n) is 11.6. The van der Waals surface area contributed by atoms with E-state index < -0.39 is 11.4 Å². The summed E-state index contributed by atoms with van der Waals surface area (Å²) >= 11 is 0. The van der Waals surface area contributed by atoms with Crippen LogP contribution in [0.5, 0.6) is 5.88 Å². The smallest absolute Gasteiger partial charge is 0.277 e. The van der Waals surface area contributed by atoms with Crippen LogP contribution >= 0.6 is 0 Å². The Kier molecular flexibility index (Phi) is 7.47. The molecule has 4 rings (SSSR count). The molecule has 2 aromatic carbocycles. The number of fused-ring (bicyclic) bond motifs is 1. The van der Waals surface area contributed by atoms with Gasteiger partial charge in [-0.1, -0.05) is 39.0 Å². The lowest BCUT2D eigenvalue weighted by molar-refractivity contribution is -0.0389. The fraction of sp³-hybridized carbons (Fsp3) is 0.321. The van der Waals surface area contributed by atoms with Gasteiger partial charge in [-0.25, -0.2) is 14.1 Å². The number of aromatic nitrogens is 3. The van der Waals surface area contributed by atoms with Crippen molar-refractivity contribution in [1.29, 1.82) is 0 Å². The van der Waals surface area contributed by atoms with Gasteiger partial charge in [-0.3, -0.25) is 4.79 Å². The summed E-state index contributed by atoms with van der Waals surface area (Å²) in [4.78, 5) is 17.3. The minimum atomic E-state index is -0.533. The van der Waals surface area contributed by atoms with Crippen LogP contribution in [0.1, 0.15) is 37.5 Å². The normalized spacial score (nSPS) is 11.7. The summed E-state index contributed by atoms with van der Waals surface area (Å²) in [5.74, 6) is -0.0295. The number of halogens is 1. The molecule has 4 aromatic rings. The summed E-state index contributed by atoms with van der Waals surface area (Å²) in [6.07, 6.45) is 3.23. The van der Waals surface area contributed by atoms with Gasteiger partial charge in [0, 0.05) is 24.8 Å². The molecular weight excluding hydrogens is 461 g/mol. The largest absolute Gasteiger partial charge is 0.481 e. The molecule has 0 unspecified atom stereocenters. The van der Waals surface area contributed by atoms with E-state index in [-0.39, 0.29) is 24.1 Å². The molecule has 0 aliphatic rings. The molecule has 0 atom stereocenters. The molecule has 0 N–H and O–H groups in total. The Bertz CT molecular complexity index is 1440. The van der Waals surface area contributed by atoms with E-state index in [9.17, 15) is 4.79 Å². The van der Waals surface area contributed by atoms with E-state index in [0.29, 0.717) is 17.9 Å². The van der Waals surface area contributed by atoms with Gasteiger partial charge in [-0.15, -0.1) is 0 Å². The van der Waals surface area contributed by atoms with Gasteiger partial charge < -0.3 is 14.2 Å². The van der Waals surface area contributed by atoms with Crippen LogP contribution in [0.15, 0.2) is 59.7 Å². The first-order chi connectivity index (χ1) is 17.2. The molecule has 0 radical (unpaired) electrons. The molecule has 8 heteroatoms. The minimum Gasteiger partial charge on any atom is -0.481 e. The topological polar surface area (TPSA) is 75.5 Å². The van der Waals surface area contributed by atoms with E-state index in [2.05, 4.69) is 10.1 Å². The Morgan fingerprint density at radius 3 is 2.58 bits per heavy atom. The second kappa shape index (κ2) is 10.6. The van der Waals surface area contributed by atoms with Crippen molar-refractivity contribution in [3.8, 4) is 17.0 Å². The molecule has 2 aromatic heterocycles. The molecule has 36 heavy (non-hydrogen) atoms. The van der Waals surface area contributed by atoms with Crippen molar-refractivity contribution in [1.82, 2.24) is 14.8 Å². The van der Waals surface area contributed by atoms with Crippen molar-refractivity contribution in [2.45, 2.75) is 39.3 Å². The number of rotatable bonds is 8. The zero-order valence-electron chi connectivity index (χ0n) is 21.2. The number of pyridine rings is 1. The van der Waals surface area contributed by atoms with E-state index in [1.807, 2.05) is 57.2 Å². The molecule has 0 bridgehead atoms. The lowest BCUT2D eigenvalue weighted by Gasteiger charge is -2.20. The van der Waals surface area contributed by atoms with Gasteiger partial charge in [0.2, 0.25) is 5.88 Å². The number of methoxy groups -OCH3 is 2. The number of benzene rings is 2. The molecule has 0 amide bonds. The van der Waals surface area contributed by atoms with Gasteiger partial charge >= 0.3 is 0 Å². The monoisotopic (exact) mass is 491 g/mol. The molecular formula is C28H30FN3O4. The third-order valence-electron chi connectivity index (χ3n) is 5.99. The lowest BCUT2D eigenvalue weighted by Crippen LogP contribution is -2.24. The molecule has 188 valence electrons. The van der Waals surface area contributed by atoms with Crippen LogP contribution in [0, 0.1) is 5.82 Å². The summed E-state index contributed by atoms with van der Waals surface area (Å²) < 4.78 is 32.2. The van der Waals surface area contributed by atoms with Crippen molar-refractivity contribution < 1.29 is 18.6 Å². The van der Waals surface area contributed by atoms with Crippen LogP contribution in [0.4, 0.5) is 4.39 Å². The zero-order valence-corrected chi connectivity index (χ0v) is 21.2. The highest BCUT2D eigenvalue weighted by Gasteiger charge is 2.19. The van der Waals surface area contributed by atoms with Gasteiger partial charge in [0.05, 0.1) is 31.8 Å². The van der Waals surface area contributed by atoms with Crippen molar-refractivity contribution >= 4 is 10.8 Å². The molecule has 0 saturated carbocycles. The van der Waals surface area contributed by atoms with Crippen molar-refractivity contribution in [2.24, 2.45) is 0 Å². The lowest BCUT2D eigenvalue weighted by atomic mass is 9.86. The summed E-state index contributed by atoms with van der Waals surface area (Å²) in [6.45, 7) is 6.63. The van der Waals surface area contributed by atoms with E-state index in [1.54, 1.807) is 26.6 Å². The molecule has 0 spiro atoms. The maximum atomic E-state index is 15.0. The quantitative estimate of drug-likeness (QED) is 0.253. The SMILES string of the molecule is COCOCc1cc(Cn2ncc3cc(C(C)(C)C)cc(F)c3c2=O)ccc1-c1ccnc(OC)c1. The number of ether oxygens (including phenoxy) is 3. The Morgan fingerprint density at radius 2 is 1.86 bits per heavy atom. The Morgan fingerprint density at radius 1 is 1.06 bits per heavy atom. The Hall–Kier alpha value is -3.62. The molecule has 0 aliphatic carbocycles. The summed E-state index contributed by atoms with van der Waals surface area (Å²) in [7, 11) is 3.13. The summed E-state index contributed by atoms with van der Waals surface area (Å²) in [5.41, 5.74) is 3.69. The van der Waals surface area contributed by atoms with Crippen LogP contribution in [0.2, 0.25) is 0 Å². The Balaban J connectivity index is 1.71. The number of hydrogen-bond donors (Lipinski definition) is 0. The van der Waals surface area contributed by atoms with Gasteiger partial charge in [0.1, 0.15) is 12.6 Å². The van der Waals surface area contributed by atoms with Crippen molar-refractivity contribution in [2.75, 3.05) is 21.0 Å². The first kappa shape index (κ1) is 25.5. The highest BCUT2D eigenvalue weighted by atomic mass is 19.1. The van der Waals surface area contributed by atoms with Gasteiger partial charge in [0.25, 0.3) is 5.56 Å². The Labute approximate surface area is 209 Å². The fourth-order valence-electron chi connectivity index (χ4n) is 4.06. The van der Waals surface area contributed by atoms with Crippen LogP contribution in [-0.2, 0) is 28.0 Å². The van der Waals surface area contributed by atoms with Gasteiger partial charge in [-0.05, 0) is 51.4 Å². The maximum Gasteiger partial charge on any atom is 0.277 e. The molecule has 0 saturated heterocycles. The van der Waals surface area contributed by atoms with Crippen LogP contribution < -0.4 is 10.3 Å². The minimum absolute atomic E-state index is 0.0437. The van der Waals surface area contributed by atoms with Crippen molar-refractivity contribution in [3.63, 3.8) is 0 Å². The van der Waals surface area contributed by atoms with E-state index in [0.717, 1.165) is 27.8 Å². The van der Waals surface area contributed by atoms with E-state index in [4.69, 9.17) is 14.2 Å². The first-order valence-corrected chi connectivity index (χ1v) is 11.6. The predicted octanol–water partition coefficient (Wildman–Crippen LogP) is 5.07. The molecule has 7 nitrogen and oxygen atoms in total. The average molecular weight is 492 g/mol. The highest BCUT2D eigenvalue weighted by molar-refractivity contribution is 5.82. The van der Waals surface area contributed by atoms with Gasteiger partial charge in [0.15, 0.2) is 0 Å². The third kappa shape index (κ3) is 5.45. The fourth-order valence-corrected chi connectivity index (χ4v) is 4.06. The van der Waals surface area contributed by atoms with Crippen LogP contribution in [-0.4, -0.2) is 35.8 Å². The van der Waals surface area contributed by atoms with Crippen LogP contribution in [0.25, 0.3) is 21.9 Å². The zero-order chi connectivity index (χ0) is 25.9. The maximum absolute atomic E-state index is 15.0.